The van der Waals surface area contributed by atoms with E-state index in [1.54, 1.807) is 0 Å². The van der Waals surface area contributed by atoms with E-state index in [9.17, 15) is 0 Å². The van der Waals surface area contributed by atoms with Gasteiger partial charge in [0.25, 0.3) is 0 Å². The van der Waals surface area contributed by atoms with E-state index in [1.165, 1.54) is 6.42 Å². The van der Waals surface area contributed by atoms with Gasteiger partial charge in [-0.2, -0.15) is 0 Å². The summed E-state index contributed by atoms with van der Waals surface area (Å²) in [5, 5.41) is 0. The molecule has 0 amide bonds. The zero-order chi connectivity index (χ0) is 10.8. The SMILES string of the molecule is CCC(C)C=C[SiH2]NCN(CC)CC. The van der Waals surface area contributed by atoms with Gasteiger partial charge in [-0.25, -0.2) is 0 Å². The third-order valence-electron chi connectivity index (χ3n) is 2.60. The summed E-state index contributed by atoms with van der Waals surface area (Å²) in [7, 11) is -0.174. The van der Waals surface area contributed by atoms with Gasteiger partial charge in [0.1, 0.15) is 9.68 Å². The zero-order valence-corrected chi connectivity index (χ0v) is 11.6. The summed E-state index contributed by atoms with van der Waals surface area (Å²) < 4.78 is 0. The largest absolute Gasteiger partial charge is 0.327 e. The molecule has 0 aliphatic rings. The molecule has 1 unspecified atom stereocenters. The predicted molar refractivity (Wildman–Crippen MR) is 68.1 cm³/mol. The molecule has 0 aliphatic heterocycles. The van der Waals surface area contributed by atoms with Crippen LogP contribution < -0.4 is 4.98 Å². The summed E-state index contributed by atoms with van der Waals surface area (Å²) in [4.78, 5) is 5.95. The standard InChI is InChI=1S/C11H26N2Si/c1-5-11(4)8-9-14-12-10-13(6-2)7-3/h8-9,11-12H,5-7,10,14H2,1-4H3. The molecule has 84 valence electrons. The lowest BCUT2D eigenvalue weighted by Gasteiger charge is -2.17. The topological polar surface area (TPSA) is 15.3 Å². The number of nitrogens with one attached hydrogen (secondary N) is 1. The number of hydrogen-bond donors (Lipinski definition) is 1. The summed E-state index contributed by atoms with van der Waals surface area (Å²) in [5.74, 6) is 0.748. The highest BCUT2D eigenvalue weighted by atomic mass is 28.2. The van der Waals surface area contributed by atoms with Crippen molar-refractivity contribution in [2.75, 3.05) is 19.8 Å². The van der Waals surface area contributed by atoms with Crippen LogP contribution in [-0.4, -0.2) is 34.3 Å². The van der Waals surface area contributed by atoms with Crippen molar-refractivity contribution in [1.29, 1.82) is 0 Å². The lowest BCUT2D eigenvalue weighted by molar-refractivity contribution is 0.301. The van der Waals surface area contributed by atoms with Gasteiger partial charge in [-0.15, -0.1) is 0 Å². The molecule has 1 N–H and O–H groups in total. The number of rotatable bonds is 8. The van der Waals surface area contributed by atoms with Crippen molar-refractivity contribution in [3.05, 3.63) is 11.8 Å². The first-order chi connectivity index (χ1) is 6.74. The molecule has 0 aromatic rings. The minimum atomic E-state index is -0.174. The van der Waals surface area contributed by atoms with Gasteiger partial charge >= 0.3 is 0 Å². The highest BCUT2D eigenvalue weighted by molar-refractivity contribution is 6.38. The quantitative estimate of drug-likeness (QED) is 0.374. The minimum Gasteiger partial charge on any atom is -0.327 e. The molecule has 0 spiro atoms. The van der Waals surface area contributed by atoms with E-state index in [4.69, 9.17) is 0 Å². The second kappa shape index (κ2) is 9.43. The Labute approximate surface area is 91.7 Å². The van der Waals surface area contributed by atoms with E-state index in [2.05, 4.69) is 49.4 Å². The monoisotopic (exact) mass is 214 g/mol. The number of nitrogens with zero attached hydrogens (tertiary/aromatic N) is 1. The smallest absolute Gasteiger partial charge is 0.117 e. The number of hydrogen-bond acceptors (Lipinski definition) is 2. The zero-order valence-electron chi connectivity index (χ0n) is 10.2. The van der Waals surface area contributed by atoms with Crippen LogP contribution in [0.5, 0.6) is 0 Å². The fraction of sp³-hybridized carbons (Fsp3) is 0.818. The van der Waals surface area contributed by atoms with E-state index in [0.717, 1.165) is 25.7 Å². The van der Waals surface area contributed by atoms with Crippen LogP contribution in [-0.2, 0) is 0 Å². The van der Waals surface area contributed by atoms with Gasteiger partial charge in [0.05, 0.1) is 0 Å². The van der Waals surface area contributed by atoms with Crippen LogP contribution in [0.4, 0.5) is 0 Å². The fourth-order valence-electron chi connectivity index (χ4n) is 1.19. The molecule has 0 saturated carbocycles. The van der Waals surface area contributed by atoms with Crippen LogP contribution in [0.3, 0.4) is 0 Å². The van der Waals surface area contributed by atoms with E-state index < -0.39 is 0 Å². The van der Waals surface area contributed by atoms with Crippen molar-refractivity contribution in [1.82, 2.24) is 9.88 Å². The third-order valence-corrected chi connectivity index (χ3v) is 3.62. The molecule has 0 heterocycles. The molecule has 0 saturated heterocycles. The second-order valence-electron chi connectivity index (χ2n) is 3.73. The lowest BCUT2D eigenvalue weighted by atomic mass is 10.1. The van der Waals surface area contributed by atoms with Gasteiger partial charge in [-0.05, 0) is 19.0 Å². The van der Waals surface area contributed by atoms with Crippen molar-refractivity contribution in [2.45, 2.75) is 34.1 Å². The highest BCUT2D eigenvalue weighted by Crippen LogP contribution is 2.00. The molecule has 1 atom stereocenters. The number of allylic oxidation sites excluding steroid dienone is 1. The predicted octanol–water partition coefficient (Wildman–Crippen LogP) is 1.52. The second-order valence-corrected chi connectivity index (χ2v) is 5.11. The van der Waals surface area contributed by atoms with Crippen molar-refractivity contribution in [3.63, 3.8) is 0 Å². The molecular weight excluding hydrogens is 188 g/mol. The maximum Gasteiger partial charge on any atom is 0.117 e. The first kappa shape index (κ1) is 13.9. The summed E-state index contributed by atoms with van der Waals surface area (Å²) in [6.45, 7) is 12.3. The van der Waals surface area contributed by atoms with E-state index in [-0.39, 0.29) is 9.68 Å². The Morgan fingerprint density at radius 1 is 1.29 bits per heavy atom. The summed E-state index contributed by atoms with van der Waals surface area (Å²) in [6.07, 6.45) is 3.60. The molecule has 2 nitrogen and oxygen atoms in total. The average Bonchev–Trinajstić information content (AvgIpc) is 2.23. The Morgan fingerprint density at radius 3 is 2.43 bits per heavy atom. The Hall–Kier alpha value is -0.123. The van der Waals surface area contributed by atoms with Crippen LogP contribution in [0.2, 0.25) is 0 Å². The molecule has 0 aromatic carbocycles. The Morgan fingerprint density at radius 2 is 1.93 bits per heavy atom. The van der Waals surface area contributed by atoms with Gasteiger partial charge in [0.2, 0.25) is 0 Å². The Kier molecular flexibility index (Phi) is 9.35. The van der Waals surface area contributed by atoms with E-state index in [1.807, 2.05) is 0 Å². The molecular formula is C11H26N2Si. The fourth-order valence-corrected chi connectivity index (χ4v) is 2.40. The van der Waals surface area contributed by atoms with Gasteiger partial charge in [0, 0.05) is 6.67 Å². The first-order valence-electron chi connectivity index (χ1n) is 5.84. The van der Waals surface area contributed by atoms with Crippen LogP contribution >= 0.6 is 0 Å². The highest BCUT2D eigenvalue weighted by Gasteiger charge is 1.95. The summed E-state index contributed by atoms with van der Waals surface area (Å²) >= 11 is 0. The van der Waals surface area contributed by atoms with Crippen molar-refractivity contribution < 1.29 is 0 Å². The first-order valence-corrected chi connectivity index (χ1v) is 7.36. The van der Waals surface area contributed by atoms with Gasteiger partial charge in [-0.3, -0.25) is 4.90 Å². The van der Waals surface area contributed by atoms with E-state index in [0.29, 0.717) is 0 Å². The maximum atomic E-state index is 3.54. The van der Waals surface area contributed by atoms with Crippen LogP contribution in [0, 0.1) is 5.92 Å². The minimum absolute atomic E-state index is 0.174. The van der Waals surface area contributed by atoms with E-state index >= 15 is 0 Å². The molecule has 14 heavy (non-hydrogen) atoms. The average molecular weight is 214 g/mol. The van der Waals surface area contributed by atoms with Gasteiger partial charge in [0.15, 0.2) is 0 Å². The molecule has 0 aliphatic carbocycles. The maximum absolute atomic E-state index is 3.54. The third kappa shape index (κ3) is 7.30. The van der Waals surface area contributed by atoms with Crippen LogP contribution in [0.25, 0.3) is 0 Å². The lowest BCUT2D eigenvalue weighted by Crippen LogP contribution is -2.35. The van der Waals surface area contributed by atoms with Crippen molar-refractivity contribution in [3.8, 4) is 0 Å². The molecule has 0 fully saturated rings. The summed E-state index contributed by atoms with van der Waals surface area (Å²) in [5.41, 5.74) is 2.37. The molecule has 0 radical (unpaired) electrons. The Bertz CT molecular complexity index is 144. The molecule has 0 rings (SSSR count). The Balaban J connectivity index is 3.40. The van der Waals surface area contributed by atoms with Gasteiger partial charge in [-0.1, -0.05) is 45.9 Å². The normalized spacial score (nSPS) is 14.9. The summed E-state index contributed by atoms with van der Waals surface area (Å²) in [6, 6.07) is 0. The van der Waals surface area contributed by atoms with Crippen LogP contribution in [0.15, 0.2) is 11.8 Å². The molecule has 3 heteroatoms. The van der Waals surface area contributed by atoms with Gasteiger partial charge < -0.3 is 4.98 Å². The van der Waals surface area contributed by atoms with Crippen LogP contribution in [0.1, 0.15) is 34.1 Å². The molecule has 0 aromatic heterocycles. The van der Waals surface area contributed by atoms with Crippen molar-refractivity contribution >= 4 is 9.68 Å². The van der Waals surface area contributed by atoms with Crippen molar-refractivity contribution in [2.24, 2.45) is 5.92 Å². The molecule has 0 bridgehead atoms.